The average Bonchev–Trinajstić information content (AvgIpc) is 2.59. The van der Waals surface area contributed by atoms with Gasteiger partial charge in [-0.2, -0.15) is 11.8 Å². The summed E-state index contributed by atoms with van der Waals surface area (Å²) in [4.78, 5) is 2.10. The molecule has 1 atom stereocenters. The number of nitrogens with one attached hydrogen (secondary N) is 1. The Morgan fingerprint density at radius 1 is 1.28 bits per heavy atom. The highest BCUT2D eigenvalue weighted by atomic mass is 32.2. The maximum absolute atomic E-state index is 10.2. The summed E-state index contributed by atoms with van der Waals surface area (Å²) in [6.45, 7) is 6.84. The number of hydrogen-bond acceptors (Lipinski definition) is 6. The molecule has 25 heavy (non-hydrogen) atoms. The zero-order valence-corrected chi connectivity index (χ0v) is 17.1. The van der Waals surface area contributed by atoms with Gasteiger partial charge in [-0.3, -0.25) is 0 Å². The number of rotatable bonds is 13. The van der Waals surface area contributed by atoms with Crippen LogP contribution in [-0.2, 0) is 6.54 Å². The molecule has 5 nitrogen and oxygen atoms in total. The first-order valence-electron chi connectivity index (χ1n) is 8.85. The Morgan fingerprint density at radius 3 is 2.68 bits per heavy atom. The number of benzene rings is 1. The minimum atomic E-state index is -0.537. The summed E-state index contributed by atoms with van der Waals surface area (Å²) in [6.07, 6.45) is 2.75. The molecule has 0 heterocycles. The number of thioether (sulfide) groups is 1. The number of methoxy groups -OCH3 is 1. The summed E-state index contributed by atoms with van der Waals surface area (Å²) in [7, 11) is 3.63. The zero-order valence-electron chi connectivity index (χ0n) is 16.2. The molecule has 0 saturated heterocycles. The highest BCUT2D eigenvalue weighted by Gasteiger charge is 2.13. The Kier molecular flexibility index (Phi) is 11.0. The molecule has 0 aliphatic carbocycles. The van der Waals surface area contributed by atoms with Gasteiger partial charge < -0.3 is 24.8 Å². The SMILES string of the molecule is COc1ccc(CNCCCSC)cc1OCC(O)CN(C)C(C)C. The molecule has 0 amide bonds. The molecule has 0 saturated carbocycles. The van der Waals surface area contributed by atoms with Gasteiger partial charge in [-0.15, -0.1) is 0 Å². The predicted octanol–water partition coefficient (Wildman–Crippen LogP) is 2.62. The molecule has 1 unspecified atom stereocenters. The topological polar surface area (TPSA) is 54.0 Å². The molecule has 6 heteroatoms. The van der Waals surface area contributed by atoms with Crippen LogP contribution in [0.2, 0.25) is 0 Å². The van der Waals surface area contributed by atoms with Gasteiger partial charge in [0.15, 0.2) is 11.5 Å². The second-order valence-electron chi connectivity index (χ2n) is 6.51. The molecule has 1 rings (SSSR count). The van der Waals surface area contributed by atoms with Gasteiger partial charge in [-0.1, -0.05) is 6.07 Å². The van der Waals surface area contributed by atoms with Crippen molar-refractivity contribution in [3.8, 4) is 11.5 Å². The molecule has 0 fully saturated rings. The van der Waals surface area contributed by atoms with Crippen molar-refractivity contribution >= 4 is 11.8 Å². The third-order valence-electron chi connectivity index (χ3n) is 4.07. The van der Waals surface area contributed by atoms with Crippen LogP contribution in [0.5, 0.6) is 11.5 Å². The van der Waals surface area contributed by atoms with Crippen molar-refractivity contribution in [3.05, 3.63) is 23.8 Å². The van der Waals surface area contributed by atoms with Crippen molar-refractivity contribution in [1.82, 2.24) is 10.2 Å². The summed E-state index contributed by atoms with van der Waals surface area (Å²) in [5, 5.41) is 13.6. The molecule has 1 aromatic carbocycles. The quantitative estimate of drug-likeness (QED) is 0.521. The number of likely N-dealkylation sites (N-methyl/N-ethyl adjacent to an activating group) is 1. The van der Waals surface area contributed by atoms with Crippen LogP contribution in [-0.4, -0.2) is 68.0 Å². The average molecular weight is 371 g/mol. The second kappa shape index (κ2) is 12.4. The van der Waals surface area contributed by atoms with Crippen molar-refractivity contribution in [1.29, 1.82) is 0 Å². The van der Waals surface area contributed by atoms with Gasteiger partial charge in [0.1, 0.15) is 12.7 Å². The van der Waals surface area contributed by atoms with E-state index in [1.165, 1.54) is 5.75 Å². The van der Waals surface area contributed by atoms with Crippen LogP contribution in [0.1, 0.15) is 25.8 Å². The van der Waals surface area contributed by atoms with E-state index in [1.807, 2.05) is 37.0 Å². The second-order valence-corrected chi connectivity index (χ2v) is 7.49. The Bertz CT molecular complexity index is 486. The maximum Gasteiger partial charge on any atom is 0.161 e. The van der Waals surface area contributed by atoms with E-state index in [4.69, 9.17) is 9.47 Å². The highest BCUT2D eigenvalue weighted by molar-refractivity contribution is 7.98. The van der Waals surface area contributed by atoms with Crippen LogP contribution in [0.25, 0.3) is 0 Å². The fraction of sp³-hybridized carbons (Fsp3) is 0.684. The van der Waals surface area contributed by atoms with Crippen LogP contribution < -0.4 is 14.8 Å². The number of ether oxygens (including phenoxy) is 2. The molecule has 144 valence electrons. The lowest BCUT2D eigenvalue weighted by Gasteiger charge is -2.24. The van der Waals surface area contributed by atoms with Gasteiger partial charge in [0.25, 0.3) is 0 Å². The smallest absolute Gasteiger partial charge is 0.161 e. The van der Waals surface area contributed by atoms with Crippen molar-refractivity contribution < 1.29 is 14.6 Å². The third-order valence-corrected chi connectivity index (χ3v) is 4.77. The van der Waals surface area contributed by atoms with Crippen LogP contribution in [0.15, 0.2) is 18.2 Å². The van der Waals surface area contributed by atoms with Gasteiger partial charge in [-0.05, 0) is 63.6 Å². The Balaban J connectivity index is 2.54. The largest absolute Gasteiger partial charge is 0.493 e. The van der Waals surface area contributed by atoms with E-state index in [1.54, 1.807) is 7.11 Å². The van der Waals surface area contributed by atoms with E-state index in [2.05, 4.69) is 30.3 Å². The number of nitrogens with zero attached hydrogens (tertiary/aromatic N) is 1. The van der Waals surface area contributed by atoms with Crippen molar-refractivity contribution in [3.63, 3.8) is 0 Å². The van der Waals surface area contributed by atoms with E-state index in [0.29, 0.717) is 24.1 Å². The Labute approximate surface area is 157 Å². The molecular formula is C19H34N2O3S. The lowest BCUT2D eigenvalue weighted by molar-refractivity contribution is 0.0668. The molecule has 0 aromatic heterocycles. The molecule has 2 N–H and O–H groups in total. The van der Waals surface area contributed by atoms with Gasteiger partial charge in [0, 0.05) is 19.1 Å². The fourth-order valence-corrected chi connectivity index (χ4v) is 2.73. The minimum absolute atomic E-state index is 0.248. The van der Waals surface area contributed by atoms with E-state index in [0.717, 1.165) is 25.1 Å². The standard InChI is InChI=1S/C19H34N2O3S/c1-15(2)21(3)13-17(22)14-24-19-11-16(7-8-18(19)23-4)12-20-9-6-10-25-5/h7-8,11,15,17,20,22H,6,9-10,12-14H2,1-5H3. The molecule has 0 bridgehead atoms. The fourth-order valence-electron chi connectivity index (χ4n) is 2.30. The van der Waals surface area contributed by atoms with Crippen LogP contribution in [0.3, 0.4) is 0 Å². The monoisotopic (exact) mass is 370 g/mol. The van der Waals surface area contributed by atoms with Crippen LogP contribution in [0, 0.1) is 0 Å². The lowest BCUT2D eigenvalue weighted by Crippen LogP contribution is -2.37. The highest BCUT2D eigenvalue weighted by Crippen LogP contribution is 2.28. The number of aliphatic hydroxyl groups excluding tert-OH is 1. The minimum Gasteiger partial charge on any atom is -0.493 e. The van der Waals surface area contributed by atoms with Gasteiger partial charge in [-0.25, -0.2) is 0 Å². The molecule has 0 aliphatic heterocycles. The maximum atomic E-state index is 10.2. The summed E-state index contributed by atoms with van der Waals surface area (Å²) < 4.78 is 11.2. The molecule has 1 aromatic rings. The predicted molar refractivity (Wildman–Crippen MR) is 107 cm³/mol. The molecular weight excluding hydrogens is 336 g/mol. The number of aliphatic hydroxyl groups is 1. The van der Waals surface area contributed by atoms with Crippen LogP contribution in [0.4, 0.5) is 0 Å². The van der Waals surface area contributed by atoms with Crippen molar-refractivity contribution in [2.45, 2.75) is 39.0 Å². The molecule has 0 aliphatic rings. The van der Waals surface area contributed by atoms with E-state index >= 15 is 0 Å². The molecule has 0 spiro atoms. The third kappa shape index (κ3) is 8.81. The van der Waals surface area contributed by atoms with Crippen LogP contribution >= 0.6 is 11.8 Å². The van der Waals surface area contributed by atoms with Gasteiger partial charge in [0.2, 0.25) is 0 Å². The first kappa shape index (κ1) is 22.1. The van der Waals surface area contributed by atoms with Gasteiger partial charge in [0.05, 0.1) is 7.11 Å². The van der Waals surface area contributed by atoms with E-state index in [-0.39, 0.29) is 6.61 Å². The Morgan fingerprint density at radius 2 is 2.04 bits per heavy atom. The normalized spacial score (nSPS) is 12.6. The summed E-state index contributed by atoms with van der Waals surface area (Å²) >= 11 is 1.87. The summed E-state index contributed by atoms with van der Waals surface area (Å²) in [5.74, 6) is 2.54. The first-order valence-corrected chi connectivity index (χ1v) is 10.2. The van der Waals surface area contributed by atoms with Crippen molar-refractivity contribution in [2.75, 3.05) is 45.9 Å². The lowest BCUT2D eigenvalue weighted by atomic mass is 10.2. The molecule has 0 radical (unpaired) electrons. The summed E-state index contributed by atoms with van der Waals surface area (Å²) in [6, 6.07) is 6.33. The number of hydrogen-bond donors (Lipinski definition) is 2. The van der Waals surface area contributed by atoms with E-state index in [9.17, 15) is 5.11 Å². The first-order chi connectivity index (χ1) is 12.0. The van der Waals surface area contributed by atoms with Gasteiger partial charge >= 0.3 is 0 Å². The van der Waals surface area contributed by atoms with E-state index < -0.39 is 6.10 Å². The zero-order chi connectivity index (χ0) is 18.7. The summed E-state index contributed by atoms with van der Waals surface area (Å²) in [5.41, 5.74) is 1.15. The van der Waals surface area contributed by atoms with Crippen molar-refractivity contribution in [2.24, 2.45) is 0 Å². The Hall–Kier alpha value is -0.950.